The monoisotopic (exact) mass is 231 g/mol. The molecule has 1 aromatic carbocycles. The zero-order valence-corrected chi connectivity index (χ0v) is 9.72. The Morgan fingerprint density at radius 2 is 2.06 bits per heavy atom. The minimum atomic E-state index is -0.155. The Labute approximate surface area is 101 Å². The molecule has 0 radical (unpaired) electrons. The molecule has 0 aliphatic carbocycles. The molecule has 0 heterocycles. The highest BCUT2D eigenvalue weighted by Gasteiger charge is 2.02. The number of carbonyl (C=O) groups excluding carboxylic acids is 1. The van der Waals surface area contributed by atoms with E-state index in [4.69, 9.17) is 18.6 Å². The van der Waals surface area contributed by atoms with Gasteiger partial charge in [0.2, 0.25) is 5.91 Å². The molecule has 1 N–H and O–H groups in total. The molecule has 0 aromatic heterocycles. The van der Waals surface area contributed by atoms with Crippen molar-refractivity contribution in [2.75, 3.05) is 6.54 Å². The van der Waals surface area contributed by atoms with Crippen molar-refractivity contribution in [3.63, 3.8) is 0 Å². The molecule has 82 valence electrons. The molecule has 16 heavy (non-hydrogen) atoms. The van der Waals surface area contributed by atoms with Gasteiger partial charge in [0.25, 0.3) is 0 Å². The van der Waals surface area contributed by atoms with Gasteiger partial charge in [-0.3, -0.25) is 4.79 Å². The summed E-state index contributed by atoms with van der Waals surface area (Å²) in [5.41, 5.74) is 1.15. The van der Waals surface area contributed by atoms with E-state index in [0.29, 0.717) is 13.0 Å². The lowest BCUT2D eigenvalue weighted by molar-refractivity contribution is -0.119. The summed E-state index contributed by atoms with van der Waals surface area (Å²) in [6.07, 6.45) is 5.82. The average Bonchev–Trinajstić information content (AvgIpc) is 2.28. The zero-order chi connectivity index (χ0) is 11.8. The second kappa shape index (κ2) is 6.76. The van der Waals surface area contributed by atoms with Crippen LogP contribution in [0.5, 0.6) is 0 Å². The third-order valence-electron chi connectivity index (χ3n) is 1.99. The Bertz CT molecular complexity index is 406. The number of rotatable bonds is 5. The first-order chi connectivity index (χ1) is 7.72. The van der Waals surface area contributed by atoms with E-state index in [1.165, 1.54) is 0 Å². The minimum Gasteiger partial charge on any atom is -0.351 e. The first kappa shape index (κ1) is 12.4. The van der Waals surface area contributed by atoms with E-state index in [1.807, 2.05) is 30.3 Å². The summed E-state index contributed by atoms with van der Waals surface area (Å²) in [5, 5.41) is 2.68. The van der Waals surface area contributed by atoms with Gasteiger partial charge in [0, 0.05) is 17.8 Å². The normalized spacial score (nSPS) is 9.19. The number of terminal acetylenes is 1. The molecule has 3 heteroatoms. The Morgan fingerprint density at radius 3 is 2.69 bits per heavy atom. The maximum absolute atomic E-state index is 11.1. The Balaban J connectivity index is 2.32. The second-order valence-electron chi connectivity index (χ2n) is 3.36. The van der Waals surface area contributed by atoms with Crippen molar-refractivity contribution in [2.45, 2.75) is 12.8 Å². The molecule has 0 saturated heterocycles. The standard InChI is InChI=1S/C13H13NOS/c1-2-6-13(15)14-10-12(16)9-11-7-4-3-5-8-11/h1,3-5,7-8H,6,9-10H2,(H,14,15). The lowest BCUT2D eigenvalue weighted by Gasteiger charge is -2.05. The molecule has 0 atom stereocenters. The van der Waals surface area contributed by atoms with Crippen LogP contribution in [0, 0.1) is 12.3 Å². The summed E-state index contributed by atoms with van der Waals surface area (Å²) in [7, 11) is 0. The summed E-state index contributed by atoms with van der Waals surface area (Å²) in [4.78, 5) is 11.9. The Morgan fingerprint density at radius 1 is 1.38 bits per heavy atom. The molecule has 1 rings (SSSR count). The minimum absolute atomic E-state index is 0.105. The highest BCUT2D eigenvalue weighted by Crippen LogP contribution is 2.00. The van der Waals surface area contributed by atoms with Crippen LogP contribution in [0.3, 0.4) is 0 Å². The van der Waals surface area contributed by atoms with E-state index < -0.39 is 0 Å². The van der Waals surface area contributed by atoms with Crippen LogP contribution in [-0.2, 0) is 11.2 Å². The van der Waals surface area contributed by atoms with Gasteiger partial charge >= 0.3 is 0 Å². The lowest BCUT2D eigenvalue weighted by Crippen LogP contribution is -2.28. The molecule has 1 amide bonds. The topological polar surface area (TPSA) is 29.1 Å². The lowest BCUT2D eigenvalue weighted by atomic mass is 10.1. The van der Waals surface area contributed by atoms with E-state index in [1.54, 1.807) is 0 Å². The van der Waals surface area contributed by atoms with Crippen molar-refractivity contribution in [2.24, 2.45) is 0 Å². The quantitative estimate of drug-likeness (QED) is 0.618. The zero-order valence-electron chi connectivity index (χ0n) is 8.90. The van der Waals surface area contributed by atoms with Gasteiger partial charge in [-0.2, -0.15) is 0 Å². The Hall–Kier alpha value is -1.66. The third-order valence-corrected chi connectivity index (χ3v) is 2.28. The van der Waals surface area contributed by atoms with Crippen molar-refractivity contribution in [3.05, 3.63) is 35.9 Å². The van der Waals surface area contributed by atoms with E-state index in [-0.39, 0.29) is 12.3 Å². The smallest absolute Gasteiger partial charge is 0.232 e. The van der Waals surface area contributed by atoms with E-state index in [2.05, 4.69) is 11.2 Å². The first-order valence-corrected chi connectivity index (χ1v) is 5.39. The average molecular weight is 231 g/mol. The van der Waals surface area contributed by atoms with Crippen LogP contribution >= 0.6 is 12.2 Å². The van der Waals surface area contributed by atoms with E-state index in [9.17, 15) is 4.79 Å². The molecule has 1 aromatic rings. The highest BCUT2D eigenvalue weighted by molar-refractivity contribution is 7.80. The first-order valence-electron chi connectivity index (χ1n) is 4.98. The molecule has 0 aliphatic rings. The molecule has 0 aliphatic heterocycles. The summed E-state index contributed by atoms with van der Waals surface area (Å²) >= 11 is 5.17. The van der Waals surface area contributed by atoms with Gasteiger partial charge in [-0.25, -0.2) is 0 Å². The van der Waals surface area contributed by atoms with Crippen LogP contribution < -0.4 is 5.32 Å². The summed E-state index contributed by atoms with van der Waals surface area (Å²) in [5.74, 6) is 2.13. The summed E-state index contributed by atoms with van der Waals surface area (Å²) in [6.45, 7) is 0.407. The maximum Gasteiger partial charge on any atom is 0.232 e. The SMILES string of the molecule is C#CCC(=O)NCC(=S)Cc1ccccc1. The summed E-state index contributed by atoms with van der Waals surface area (Å²) in [6, 6.07) is 9.91. The van der Waals surface area contributed by atoms with Gasteiger partial charge in [-0.15, -0.1) is 6.42 Å². The van der Waals surface area contributed by atoms with E-state index >= 15 is 0 Å². The van der Waals surface area contributed by atoms with Gasteiger partial charge < -0.3 is 5.32 Å². The molecule has 0 saturated carbocycles. The van der Waals surface area contributed by atoms with Gasteiger partial charge in [-0.1, -0.05) is 48.5 Å². The number of nitrogens with one attached hydrogen (secondary N) is 1. The van der Waals surface area contributed by atoms with E-state index in [0.717, 1.165) is 10.4 Å². The van der Waals surface area contributed by atoms with Crippen LogP contribution in [0.15, 0.2) is 30.3 Å². The molecular weight excluding hydrogens is 218 g/mol. The molecule has 0 spiro atoms. The van der Waals surface area contributed by atoms with Crippen molar-refractivity contribution in [3.8, 4) is 12.3 Å². The second-order valence-corrected chi connectivity index (χ2v) is 3.94. The van der Waals surface area contributed by atoms with Crippen molar-refractivity contribution < 1.29 is 4.79 Å². The fourth-order valence-electron chi connectivity index (χ4n) is 1.24. The van der Waals surface area contributed by atoms with Gasteiger partial charge in [0.1, 0.15) is 0 Å². The van der Waals surface area contributed by atoms with Crippen molar-refractivity contribution >= 4 is 23.0 Å². The predicted octanol–water partition coefficient (Wildman–Crippen LogP) is 1.74. The van der Waals surface area contributed by atoms with Gasteiger partial charge in [-0.05, 0) is 5.56 Å². The number of amides is 1. The van der Waals surface area contributed by atoms with Crippen LogP contribution in [0.4, 0.5) is 0 Å². The third kappa shape index (κ3) is 4.72. The van der Waals surface area contributed by atoms with Crippen LogP contribution in [0.25, 0.3) is 0 Å². The predicted molar refractivity (Wildman–Crippen MR) is 69.2 cm³/mol. The molecule has 0 fully saturated rings. The van der Waals surface area contributed by atoms with Crippen molar-refractivity contribution in [1.29, 1.82) is 0 Å². The van der Waals surface area contributed by atoms with Crippen molar-refractivity contribution in [1.82, 2.24) is 5.32 Å². The number of thiocarbonyl (C=S) groups is 1. The van der Waals surface area contributed by atoms with Gasteiger partial charge in [0.05, 0.1) is 6.42 Å². The molecular formula is C13H13NOS. The summed E-state index contributed by atoms with van der Waals surface area (Å²) < 4.78 is 0. The Kier molecular flexibility index (Phi) is 5.24. The molecule has 2 nitrogen and oxygen atoms in total. The number of carbonyl (C=O) groups is 1. The fraction of sp³-hybridized carbons (Fsp3) is 0.231. The fourth-order valence-corrected chi connectivity index (χ4v) is 1.48. The molecule has 0 unspecified atom stereocenters. The maximum atomic E-state index is 11.1. The molecule has 0 bridgehead atoms. The van der Waals surface area contributed by atoms with Crippen LogP contribution in [0.2, 0.25) is 0 Å². The number of hydrogen-bond acceptors (Lipinski definition) is 2. The van der Waals surface area contributed by atoms with Gasteiger partial charge in [0.15, 0.2) is 0 Å². The largest absolute Gasteiger partial charge is 0.351 e. The van der Waals surface area contributed by atoms with Crippen LogP contribution in [-0.4, -0.2) is 17.3 Å². The number of hydrogen-bond donors (Lipinski definition) is 1. The highest BCUT2D eigenvalue weighted by atomic mass is 32.1. The van der Waals surface area contributed by atoms with Crippen LogP contribution in [0.1, 0.15) is 12.0 Å². The number of benzene rings is 1.